The summed E-state index contributed by atoms with van der Waals surface area (Å²) in [6, 6.07) is 5.21. The van der Waals surface area contributed by atoms with Gasteiger partial charge >= 0.3 is 6.03 Å². The van der Waals surface area contributed by atoms with Gasteiger partial charge in [-0.15, -0.1) is 0 Å². The number of benzene rings is 1. The van der Waals surface area contributed by atoms with E-state index in [9.17, 15) is 14.0 Å². The second-order valence-corrected chi connectivity index (χ2v) is 6.14. The maximum Gasteiger partial charge on any atom is 0.319 e. The van der Waals surface area contributed by atoms with Crippen molar-refractivity contribution in [1.82, 2.24) is 20.4 Å². The Bertz CT molecular complexity index is 772. The van der Waals surface area contributed by atoms with Gasteiger partial charge in [-0.05, 0) is 38.1 Å². The van der Waals surface area contributed by atoms with E-state index in [-0.39, 0.29) is 11.6 Å². The molecule has 1 heterocycles. The Morgan fingerprint density at radius 2 is 2.04 bits per heavy atom. The molecule has 0 aliphatic carbocycles. The lowest BCUT2D eigenvalue weighted by Crippen LogP contribution is -2.37. The zero-order valence-electron chi connectivity index (χ0n) is 14.7. The van der Waals surface area contributed by atoms with Crippen LogP contribution in [0, 0.1) is 12.7 Å². The van der Waals surface area contributed by atoms with Gasteiger partial charge in [-0.25, -0.2) is 9.18 Å². The monoisotopic (exact) mass is 347 g/mol. The van der Waals surface area contributed by atoms with Gasteiger partial charge in [0.15, 0.2) is 0 Å². The summed E-state index contributed by atoms with van der Waals surface area (Å²) in [6.07, 6.45) is 0.575. The molecule has 0 bridgehead atoms. The average Bonchev–Trinajstić information content (AvgIpc) is 2.93. The normalized spacial score (nSPS) is 11.7. The number of aromatic amines is 1. The largest absolute Gasteiger partial charge is 0.345 e. The summed E-state index contributed by atoms with van der Waals surface area (Å²) in [5.74, 6) is -1.10. The van der Waals surface area contributed by atoms with Crippen LogP contribution in [-0.2, 0) is 6.42 Å². The topological polar surface area (TPSA) is 90.1 Å². The Morgan fingerprint density at radius 3 is 2.64 bits per heavy atom. The quantitative estimate of drug-likeness (QED) is 0.775. The number of nitrogens with one attached hydrogen (secondary N) is 3. The standard InChI is InChI=1S/C17H22FN5O2/c1-10(7-13-8-11(2)21-22-13)19-17(25)20-12-5-6-15(18)14(9-12)16(24)23(3)4/h5-6,8-10H,7H2,1-4H3,(H,21,22)(H2,19,20,25)/t10-/m0/s1. The third kappa shape index (κ3) is 5.03. The van der Waals surface area contributed by atoms with Crippen LogP contribution in [0.5, 0.6) is 0 Å². The van der Waals surface area contributed by atoms with Gasteiger partial charge in [0.2, 0.25) is 0 Å². The van der Waals surface area contributed by atoms with Crippen molar-refractivity contribution in [2.45, 2.75) is 26.3 Å². The van der Waals surface area contributed by atoms with Gasteiger partial charge in [0.05, 0.1) is 11.3 Å². The first-order valence-corrected chi connectivity index (χ1v) is 7.86. The van der Waals surface area contributed by atoms with Crippen molar-refractivity contribution in [3.8, 4) is 0 Å². The number of H-pyrrole nitrogens is 1. The molecule has 0 saturated heterocycles. The van der Waals surface area contributed by atoms with Crippen LogP contribution >= 0.6 is 0 Å². The van der Waals surface area contributed by atoms with Crippen LogP contribution < -0.4 is 10.6 Å². The van der Waals surface area contributed by atoms with E-state index >= 15 is 0 Å². The van der Waals surface area contributed by atoms with E-state index in [4.69, 9.17) is 0 Å². The van der Waals surface area contributed by atoms with Crippen LogP contribution in [0.3, 0.4) is 0 Å². The van der Waals surface area contributed by atoms with Crippen molar-refractivity contribution in [1.29, 1.82) is 0 Å². The SMILES string of the molecule is Cc1cc(C[C@H](C)NC(=O)Nc2ccc(F)c(C(=O)N(C)C)c2)n[nH]1. The number of anilines is 1. The van der Waals surface area contributed by atoms with Crippen molar-refractivity contribution in [3.05, 3.63) is 47.0 Å². The third-order valence-corrected chi connectivity index (χ3v) is 3.51. The third-order valence-electron chi connectivity index (χ3n) is 3.51. The molecule has 0 radical (unpaired) electrons. The highest BCUT2D eigenvalue weighted by molar-refractivity contribution is 5.96. The number of amides is 3. The molecule has 0 unspecified atom stereocenters. The van der Waals surface area contributed by atoms with Gasteiger partial charge in [-0.2, -0.15) is 5.10 Å². The number of urea groups is 1. The highest BCUT2D eigenvalue weighted by Crippen LogP contribution is 2.16. The van der Waals surface area contributed by atoms with Crippen molar-refractivity contribution >= 4 is 17.6 Å². The van der Waals surface area contributed by atoms with Crippen molar-refractivity contribution in [3.63, 3.8) is 0 Å². The summed E-state index contributed by atoms with van der Waals surface area (Å²) < 4.78 is 13.8. The molecule has 3 amide bonds. The Balaban J connectivity index is 1.98. The van der Waals surface area contributed by atoms with Crippen molar-refractivity contribution in [2.24, 2.45) is 0 Å². The van der Waals surface area contributed by atoms with Gasteiger partial charge in [-0.1, -0.05) is 0 Å². The highest BCUT2D eigenvalue weighted by Gasteiger charge is 2.16. The van der Waals surface area contributed by atoms with E-state index in [2.05, 4.69) is 20.8 Å². The molecule has 2 rings (SSSR count). The molecular weight excluding hydrogens is 325 g/mol. The van der Waals surface area contributed by atoms with Crippen LogP contribution in [0.4, 0.5) is 14.9 Å². The second-order valence-electron chi connectivity index (χ2n) is 6.14. The molecule has 0 fully saturated rings. The fraction of sp³-hybridized carbons (Fsp3) is 0.353. The summed E-state index contributed by atoms with van der Waals surface area (Å²) in [5, 5.41) is 12.4. The Kier molecular flexibility index (Phi) is 5.74. The minimum Gasteiger partial charge on any atom is -0.345 e. The molecule has 0 aliphatic heterocycles. The van der Waals surface area contributed by atoms with Gasteiger partial charge in [-0.3, -0.25) is 9.89 Å². The zero-order valence-corrected chi connectivity index (χ0v) is 14.7. The smallest absolute Gasteiger partial charge is 0.319 e. The lowest BCUT2D eigenvalue weighted by atomic mass is 10.1. The maximum atomic E-state index is 13.8. The predicted molar refractivity (Wildman–Crippen MR) is 93.1 cm³/mol. The van der Waals surface area contributed by atoms with E-state index in [0.717, 1.165) is 17.5 Å². The number of aromatic nitrogens is 2. The summed E-state index contributed by atoms with van der Waals surface area (Å²) in [7, 11) is 3.07. The summed E-state index contributed by atoms with van der Waals surface area (Å²) in [6.45, 7) is 3.76. The maximum absolute atomic E-state index is 13.8. The number of nitrogens with zero attached hydrogens (tertiary/aromatic N) is 2. The second kappa shape index (κ2) is 7.78. The van der Waals surface area contributed by atoms with Crippen LogP contribution in [0.2, 0.25) is 0 Å². The summed E-state index contributed by atoms with van der Waals surface area (Å²) in [4.78, 5) is 25.3. The van der Waals surface area contributed by atoms with E-state index in [1.165, 1.54) is 31.1 Å². The summed E-state index contributed by atoms with van der Waals surface area (Å²) >= 11 is 0. The molecule has 2 aromatic rings. The van der Waals surface area contributed by atoms with Crippen LogP contribution in [-0.4, -0.2) is 47.2 Å². The molecule has 0 spiro atoms. The zero-order chi connectivity index (χ0) is 18.6. The number of hydrogen-bond donors (Lipinski definition) is 3. The average molecular weight is 347 g/mol. The highest BCUT2D eigenvalue weighted by atomic mass is 19.1. The van der Waals surface area contributed by atoms with Crippen LogP contribution in [0.15, 0.2) is 24.3 Å². The summed E-state index contributed by atoms with van der Waals surface area (Å²) in [5.41, 5.74) is 2.05. The minimum absolute atomic E-state index is 0.0946. The molecule has 1 aromatic heterocycles. The van der Waals surface area contributed by atoms with Gasteiger partial charge in [0.25, 0.3) is 5.91 Å². The first-order chi connectivity index (χ1) is 11.8. The molecule has 3 N–H and O–H groups in total. The molecule has 134 valence electrons. The molecule has 1 atom stereocenters. The fourth-order valence-electron chi connectivity index (χ4n) is 2.34. The molecule has 25 heavy (non-hydrogen) atoms. The molecule has 8 heteroatoms. The lowest BCUT2D eigenvalue weighted by Gasteiger charge is -2.15. The van der Waals surface area contributed by atoms with E-state index in [1.54, 1.807) is 0 Å². The molecular formula is C17H22FN5O2. The Labute approximate surface area is 145 Å². The van der Waals surface area contributed by atoms with E-state index < -0.39 is 17.8 Å². The first kappa shape index (κ1) is 18.4. The number of carbonyl (C=O) groups is 2. The van der Waals surface area contributed by atoms with Gasteiger partial charge in [0.1, 0.15) is 5.82 Å². The fourth-order valence-corrected chi connectivity index (χ4v) is 2.34. The molecule has 1 aromatic carbocycles. The van der Waals surface area contributed by atoms with E-state index in [1.807, 2.05) is 19.9 Å². The number of carbonyl (C=O) groups excluding carboxylic acids is 2. The number of halogens is 1. The van der Waals surface area contributed by atoms with Gasteiger partial charge in [0, 0.05) is 37.9 Å². The number of rotatable bonds is 5. The van der Waals surface area contributed by atoms with Crippen LogP contribution in [0.25, 0.3) is 0 Å². The number of hydrogen-bond acceptors (Lipinski definition) is 3. The lowest BCUT2D eigenvalue weighted by molar-refractivity contribution is 0.0823. The van der Waals surface area contributed by atoms with Gasteiger partial charge < -0.3 is 15.5 Å². The molecule has 0 aliphatic rings. The predicted octanol–water partition coefficient (Wildman–Crippen LogP) is 2.31. The van der Waals surface area contributed by atoms with Crippen molar-refractivity contribution in [2.75, 3.05) is 19.4 Å². The first-order valence-electron chi connectivity index (χ1n) is 7.86. The number of aryl methyl sites for hydroxylation is 1. The molecule has 0 saturated carbocycles. The molecule has 7 nitrogen and oxygen atoms in total. The van der Waals surface area contributed by atoms with Crippen molar-refractivity contribution < 1.29 is 14.0 Å². The van der Waals surface area contributed by atoms with Crippen LogP contribution in [0.1, 0.15) is 28.7 Å². The minimum atomic E-state index is -0.632. The Morgan fingerprint density at radius 1 is 1.32 bits per heavy atom. The van der Waals surface area contributed by atoms with E-state index in [0.29, 0.717) is 12.1 Å². The Hall–Kier alpha value is -2.90.